The second-order valence-electron chi connectivity index (χ2n) is 7.26. The molecule has 1 heterocycles. The Morgan fingerprint density at radius 3 is 2.65 bits per heavy atom. The highest BCUT2D eigenvalue weighted by atomic mass is 79.9. The molecule has 31 heavy (non-hydrogen) atoms. The average Bonchev–Trinajstić information content (AvgIpc) is 3.20. The Hall–Kier alpha value is -3.38. The van der Waals surface area contributed by atoms with E-state index in [1.54, 1.807) is 12.1 Å². The highest BCUT2D eigenvalue weighted by molar-refractivity contribution is 9.10. The Morgan fingerprint density at radius 1 is 1.00 bits per heavy atom. The van der Waals surface area contributed by atoms with E-state index in [2.05, 4.69) is 51.5 Å². The Morgan fingerprint density at radius 2 is 1.81 bits per heavy atom. The third-order valence-corrected chi connectivity index (χ3v) is 5.38. The SMILES string of the molecule is Cc1cccc(Cn2ccc(NC(=O)c3cccc(COc4ccccc4Br)c3)n2)c1. The maximum absolute atomic E-state index is 12.7. The van der Waals surface area contributed by atoms with Gasteiger partial charge in [0, 0.05) is 17.8 Å². The number of para-hydroxylation sites is 1. The first-order chi connectivity index (χ1) is 15.1. The van der Waals surface area contributed by atoms with E-state index in [-0.39, 0.29) is 5.91 Å². The van der Waals surface area contributed by atoms with Crippen LogP contribution in [0.5, 0.6) is 5.75 Å². The fraction of sp³-hybridized carbons (Fsp3) is 0.120. The van der Waals surface area contributed by atoms with E-state index in [0.717, 1.165) is 15.8 Å². The van der Waals surface area contributed by atoms with Crippen LogP contribution >= 0.6 is 15.9 Å². The first kappa shape index (κ1) is 20.9. The van der Waals surface area contributed by atoms with Crippen molar-refractivity contribution in [3.8, 4) is 5.75 Å². The molecule has 5 nitrogen and oxygen atoms in total. The van der Waals surface area contributed by atoms with Gasteiger partial charge in [0.05, 0.1) is 11.0 Å². The van der Waals surface area contributed by atoms with Crippen LogP contribution in [0.3, 0.4) is 0 Å². The second-order valence-corrected chi connectivity index (χ2v) is 8.12. The summed E-state index contributed by atoms with van der Waals surface area (Å²) in [6.07, 6.45) is 1.86. The molecular weight excluding hydrogens is 454 g/mol. The molecule has 0 spiro atoms. The summed E-state index contributed by atoms with van der Waals surface area (Å²) in [5, 5.41) is 7.33. The van der Waals surface area contributed by atoms with Gasteiger partial charge >= 0.3 is 0 Å². The summed E-state index contributed by atoms with van der Waals surface area (Å²) in [5.74, 6) is 1.08. The first-order valence-corrected chi connectivity index (χ1v) is 10.7. The van der Waals surface area contributed by atoms with Crippen molar-refractivity contribution in [3.05, 3.63) is 112 Å². The van der Waals surface area contributed by atoms with Crippen molar-refractivity contribution in [2.75, 3.05) is 5.32 Å². The molecule has 3 aromatic carbocycles. The Balaban J connectivity index is 1.38. The van der Waals surface area contributed by atoms with E-state index in [4.69, 9.17) is 4.74 Å². The lowest BCUT2D eigenvalue weighted by molar-refractivity contribution is 0.102. The summed E-state index contributed by atoms with van der Waals surface area (Å²) in [6, 6.07) is 25.2. The summed E-state index contributed by atoms with van der Waals surface area (Å²) in [4.78, 5) is 12.7. The molecule has 1 aromatic heterocycles. The second kappa shape index (κ2) is 9.62. The van der Waals surface area contributed by atoms with Crippen molar-refractivity contribution in [2.24, 2.45) is 0 Å². The molecule has 0 aliphatic heterocycles. The smallest absolute Gasteiger partial charge is 0.256 e. The first-order valence-electron chi connectivity index (χ1n) is 9.93. The van der Waals surface area contributed by atoms with Gasteiger partial charge in [-0.05, 0) is 58.2 Å². The van der Waals surface area contributed by atoms with Crippen LogP contribution in [0.2, 0.25) is 0 Å². The monoisotopic (exact) mass is 475 g/mol. The lowest BCUT2D eigenvalue weighted by Gasteiger charge is -2.09. The minimum atomic E-state index is -0.205. The van der Waals surface area contributed by atoms with E-state index in [1.807, 2.05) is 59.4 Å². The number of hydrogen-bond donors (Lipinski definition) is 1. The van der Waals surface area contributed by atoms with Gasteiger partial charge in [0.2, 0.25) is 0 Å². The number of nitrogens with one attached hydrogen (secondary N) is 1. The minimum absolute atomic E-state index is 0.205. The molecule has 1 N–H and O–H groups in total. The Labute approximate surface area is 189 Å². The van der Waals surface area contributed by atoms with Crippen molar-refractivity contribution in [1.82, 2.24) is 9.78 Å². The number of ether oxygens (including phenoxy) is 1. The molecule has 156 valence electrons. The molecule has 4 rings (SSSR count). The maximum atomic E-state index is 12.7. The zero-order chi connectivity index (χ0) is 21.6. The lowest BCUT2D eigenvalue weighted by atomic mass is 10.1. The number of aromatic nitrogens is 2. The molecule has 0 atom stereocenters. The number of amides is 1. The molecule has 0 radical (unpaired) electrons. The van der Waals surface area contributed by atoms with Crippen LogP contribution in [-0.2, 0) is 13.2 Å². The zero-order valence-electron chi connectivity index (χ0n) is 17.1. The van der Waals surface area contributed by atoms with Crippen LogP contribution in [0.4, 0.5) is 5.82 Å². The lowest BCUT2D eigenvalue weighted by Crippen LogP contribution is -2.13. The molecule has 1 amide bonds. The maximum Gasteiger partial charge on any atom is 0.256 e. The number of anilines is 1. The van der Waals surface area contributed by atoms with Gasteiger partial charge in [0.25, 0.3) is 5.91 Å². The van der Waals surface area contributed by atoms with E-state index >= 15 is 0 Å². The van der Waals surface area contributed by atoms with Crippen molar-refractivity contribution >= 4 is 27.7 Å². The van der Waals surface area contributed by atoms with Gasteiger partial charge in [-0.3, -0.25) is 9.48 Å². The van der Waals surface area contributed by atoms with Gasteiger partial charge < -0.3 is 10.1 Å². The van der Waals surface area contributed by atoms with Crippen LogP contribution in [0, 0.1) is 6.92 Å². The average molecular weight is 476 g/mol. The predicted molar refractivity (Wildman–Crippen MR) is 125 cm³/mol. The molecule has 0 saturated heterocycles. The molecular formula is C25H22BrN3O2. The molecule has 0 unspecified atom stereocenters. The molecule has 0 aliphatic rings. The van der Waals surface area contributed by atoms with Crippen LogP contribution in [0.1, 0.15) is 27.0 Å². The van der Waals surface area contributed by atoms with Crippen LogP contribution in [-0.4, -0.2) is 15.7 Å². The van der Waals surface area contributed by atoms with Crippen LogP contribution < -0.4 is 10.1 Å². The Kier molecular flexibility index (Phi) is 6.48. The van der Waals surface area contributed by atoms with Crippen molar-refractivity contribution in [1.29, 1.82) is 0 Å². The van der Waals surface area contributed by atoms with E-state index in [0.29, 0.717) is 24.5 Å². The van der Waals surface area contributed by atoms with Crippen LogP contribution in [0.15, 0.2) is 89.5 Å². The number of aryl methyl sites for hydroxylation is 1. The number of carbonyl (C=O) groups excluding carboxylic acids is 1. The fourth-order valence-corrected chi connectivity index (χ4v) is 3.63. The number of nitrogens with zero attached hydrogens (tertiary/aromatic N) is 2. The van der Waals surface area contributed by atoms with Crippen molar-refractivity contribution in [3.63, 3.8) is 0 Å². The van der Waals surface area contributed by atoms with Gasteiger partial charge in [0.15, 0.2) is 5.82 Å². The van der Waals surface area contributed by atoms with E-state index < -0.39 is 0 Å². The van der Waals surface area contributed by atoms with Crippen LogP contribution in [0.25, 0.3) is 0 Å². The number of halogens is 1. The van der Waals surface area contributed by atoms with E-state index in [9.17, 15) is 4.79 Å². The standard InChI is InChI=1S/C25H22BrN3O2/c1-18-6-4-7-19(14-18)16-29-13-12-24(28-29)27-25(30)21-9-5-8-20(15-21)17-31-23-11-3-2-10-22(23)26/h2-15H,16-17H2,1H3,(H,27,28,30). The largest absolute Gasteiger partial charge is 0.488 e. The third-order valence-electron chi connectivity index (χ3n) is 4.73. The van der Waals surface area contributed by atoms with Gasteiger partial charge in [-0.1, -0.05) is 54.1 Å². The summed E-state index contributed by atoms with van der Waals surface area (Å²) < 4.78 is 8.56. The van der Waals surface area contributed by atoms with Gasteiger partial charge in [-0.2, -0.15) is 5.10 Å². The summed E-state index contributed by atoms with van der Waals surface area (Å²) >= 11 is 3.47. The summed E-state index contributed by atoms with van der Waals surface area (Å²) in [6.45, 7) is 3.09. The van der Waals surface area contributed by atoms with Gasteiger partial charge in [0.1, 0.15) is 12.4 Å². The predicted octanol–water partition coefficient (Wildman–Crippen LogP) is 5.83. The van der Waals surface area contributed by atoms with Crippen molar-refractivity contribution in [2.45, 2.75) is 20.1 Å². The topological polar surface area (TPSA) is 56.2 Å². The molecule has 0 aliphatic carbocycles. The summed E-state index contributed by atoms with van der Waals surface area (Å²) in [5.41, 5.74) is 3.84. The highest BCUT2D eigenvalue weighted by Gasteiger charge is 2.10. The van der Waals surface area contributed by atoms with Gasteiger partial charge in [-0.15, -0.1) is 0 Å². The number of carbonyl (C=O) groups is 1. The Bertz CT molecular complexity index is 1200. The molecule has 6 heteroatoms. The summed E-state index contributed by atoms with van der Waals surface area (Å²) in [7, 11) is 0. The van der Waals surface area contributed by atoms with Crippen molar-refractivity contribution < 1.29 is 9.53 Å². The molecule has 0 bridgehead atoms. The normalized spacial score (nSPS) is 10.6. The minimum Gasteiger partial charge on any atom is -0.488 e. The number of hydrogen-bond acceptors (Lipinski definition) is 3. The molecule has 0 fully saturated rings. The number of benzene rings is 3. The number of rotatable bonds is 7. The molecule has 4 aromatic rings. The highest BCUT2D eigenvalue weighted by Crippen LogP contribution is 2.24. The third kappa shape index (κ3) is 5.61. The molecule has 0 saturated carbocycles. The quantitative estimate of drug-likeness (QED) is 0.365. The zero-order valence-corrected chi connectivity index (χ0v) is 18.7. The van der Waals surface area contributed by atoms with E-state index in [1.165, 1.54) is 11.1 Å². The van der Waals surface area contributed by atoms with Gasteiger partial charge in [-0.25, -0.2) is 0 Å². The fourth-order valence-electron chi connectivity index (χ4n) is 3.23.